The quantitative estimate of drug-likeness (QED) is 0.638. The molecule has 1 amide bonds. The molecule has 3 N–H and O–H groups in total. The number of carbonyl (C=O) groups is 3. The molecule has 0 aliphatic heterocycles. The summed E-state index contributed by atoms with van der Waals surface area (Å²) in [6.45, 7) is 0. The Morgan fingerprint density at radius 2 is 1.83 bits per heavy atom. The Bertz CT molecular complexity index is 446. The first-order valence-electron chi connectivity index (χ1n) is 5.12. The van der Waals surface area contributed by atoms with Gasteiger partial charge < -0.3 is 15.5 Å². The first-order valence-corrected chi connectivity index (χ1v) is 5.12. The van der Waals surface area contributed by atoms with Gasteiger partial charge in [-0.2, -0.15) is 0 Å². The molecule has 0 radical (unpaired) electrons. The Balaban J connectivity index is 2.56. The Hall–Kier alpha value is -2.44. The van der Waals surface area contributed by atoms with Crippen molar-refractivity contribution in [2.45, 2.75) is 18.9 Å². The number of rotatable bonds is 6. The average molecular weight is 252 g/mol. The largest absolute Gasteiger partial charge is 0.481 e. The van der Waals surface area contributed by atoms with Crippen LogP contribution >= 0.6 is 0 Å². The maximum Gasteiger partial charge on any atom is 0.326 e. The van der Waals surface area contributed by atoms with Gasteiger partial charge in [-0.1, -0.05) is 0 Å². The molecule has 0 aromatic carbocycles. The van der Waals surface area contributed by atoms with Crippen molar-refractivity contribution >= 4 is 17.8 Å². The number of nitrogens with zero attached hydrogens (tertiary/aromatic N) is 1. The SMILES string of the molecule is O=C(O)C[C@H](NC(=O)Cc1ccncc1)C(=O)O. The van der Waals surface area contributed by atoms with Crippen LogP contribution in [0.15, 0.2) is 24.5 Å². The van der Waals surface area contributed by atoms with Crippen molar-refractivity contribution in [3.63, 3.8) is 0 Å². The molecule has 18 heavy (non-hydrogen) atoms. The lowest BCUT2D eigenvalue weighted by Crippen LogP contribution is -2.42. The predicted octanol–water partition coefficient (Wildman–Crippen LogP) is -0.332. The van der Waals surface area contributed by atoms with Crippen LogP contribution in [0.5, 0.6) is 0 Å². The number of aromatic nitrogens is 1. The predicted molar refractivity (Wildman–Crippen MR) is 59.8 cm³/mol. The molecule has 1 aromatic rings. The van der Waals surface area contributed by atoms with Crippen LogP contribution in [0.25, 0.3) is 0 Å². The molecule has 0 saturated heterocycles. The van der Waals surface area contributed by atoms with E-state index < -0.39 is 30.3 Å². The fraction of sp³-hybridized carbons (Fsp3) is 0.273. The van der Waals surface area contributed by atoms with E-state index in [1.807, 2.05) is 0 Å². The first kappa shape index (κ1) is 13.6. The Labute approximate surface area is 102 Å². The molecule has 96 valence electrons. The number of carboxylic acids is 2. The zero-order chi connectivity index (χ0) is 13.5. The summed E-state index contributed by atoms with van der Waals surface area (Å²) >= 11 is 0. The Morgan fingerprint density at radius 3 is 2.33 bits per heavy atom. The highest BCUT2D eigenvalue weighted by molar-refractivity contribution is 5.87. The second-order valence-electron chi connectivity index (χ2n) is 3.59. The fourth-order valence-corrected chi connectivity index (χ4v) is 1.31. The molecule has 1 aromatic heterocycles. The van der Waals surface area contributed by atoms with Gasteiger partial charge in [-0.3, -0.25) is 14.6 Å². The van der Waals surface area contributed by atoms with Gasteiger partial charge in [-0.25, -0.2) is 4.79 Å². The van der Waals surface area contributed by atoms with Crippen LogP contribution in [0.2, 0.25) is 0 Å². The zero-order valence-corrected chi connectivity index (χ0v) is 9.37. The van der Waals surface area contributed by atoms with E-state index in [1.54, 1.807) is 12.1 Å². The molecule has 0 aliphatic carbocycles. The minimum absolute atomic E-state index is 0.0219. The van der Waals surface area contributed by atoms with Gasteiger partial charge in [0.1, 0.15) is 6.04 Å². The number of hydrogen-bond donors (Lipinski definition) is 3. The molecule has 0 aliphatic rings. The van der Waals surface area contributed by atoms with Crippen LogP contribution in [-0.2, 0) is 20.8 Å². The number of aliphatic carboxylic acids is 2. The van der Waals surface area contributed by atoms with Gasteiger partial charge >= 0.3 is 11.9 Å². The minimum atomic E-state index is -1.42. The van der Waals surface area contributed by atoms with Crippen LogP contribution in [0, 0.1) is 0 Å². The van der Waals surface area contributed by atoms with E-state index in [1.165, 1.54) is 12.4 Å². The number of hydrogen-bond acceptors (Lipinski definition) is 4. The summed E-state index contributed by atoms with van der Waals surface area (Å²) < 4.78 is 0. The fourth-order valence-electron chi connectivity index (χ4n) is 1.31. The van der Waals surface area contributed by atoms with Crippen molar-refractivity contribution in [2.75, 3.05) is 0 Å². The lowest BCUT2D eigenvalue weighted by Gasteiger charge is -2.12. The zero-order valence-electron chi connectivity index (χ0n) is 9.37. The summed E-state index contributed by atoms with van der Waals surface area (Å²) in [6.07, 6.45) is 2.34. The maximum absolute atomic E-state index is 11.5. The highest BCUT2D eigenvalue weighted by atomic mass is 16.4. The summed E-state index contributed by atoms with van der Waals surface area (Å²) in [5.41, 5.74) is 0.668. The van der Waals surface area contributed by atoms with E-state index in [-0.39, 0.29) is 6.42 Å². The number of carboxylic acid groups (broad SMARTS) is 2. The second-order valence-corrected chi connectivity index (χ2v) is 3.59. The topological polar surface area (TPSA) is 117 Å². The van der Waals surface area contributed by atoms with E-state index in [4.69, 9.17) is 10.2 Å². The summed E-state index contributed by atoms with van der Waals surface area (Å²) in [7, 11) is 0. The molecule has 7 heteroatoms. The highest BCUT2D eigenvalue weighted by Gasteiger charge is 2.22. The third-order valence-corrected chi connectivity index (χ3v) is 2.13. The van der Waals surface area contributed by atoms with Gasteiger partial charge in [0, 0.05) is 12.4 Å². The van der Waals surface area contributed by atoms with Crippen molar-refractivity contribution in [2.24, 2.45) is 0 Å². The van der Waals surface area contributed by atoms with E-state index in [0.717, 1.165) is 0 Å². The van der Waals surface area contributed by atoms with Gasteiger partial charge in [0.05, 0.1) is 12.8 Å². The molecule has 0 spiro atoms. The summed E-state index contributed by atoms with van der Waals surface area (Å²) in [6, 6.07) is 1.82. The Morgan fingerprint density at radius 1 is 1.22 bits per heavy atom. The minimum Gasteiger partial charge on any atom is -0.481 e. The molecule has 0 unspecified atom stereocenters. The van der Waals surface area contributed by atoms with Crippen molar-refractivity contribution in [1.82, 2.24) is 10.3 Å². The molecule has 7 nitrogen and oxygen atoms in total. The number of amides is 1. The van der Waals surface area contributed by atoms with Gasteiger partial charge in [0.15, 0.2) is 0 Å². The summed E-state index contributed by atoms with van der Waals surface area (Å²) in [5, 5.41) is 19.4. The van der Waals surface area contributed by atoms with Crippen molar-refractivity contribution in [3.05, 3.63) is 30.1 Å². The third-order valence-electron chi connectivity index (χ3n) is 2.13. The van der Waals surface area contributed by atoms with Crippen LogP contribution in [0.3, 0.4) is 0 Å². The molecule has 1 heterocycles. The lowest BCUT2D eigenvalue weighted by molar-refractivity contribution is -0.147. The molecule has 0 bridgehead atoms. The molecule has 0 fully saturated rings. The number of nitrogens with one attached hydrogen (secondary N) is 1. The monoisotopic (exact) mass is 252 g/mol. The molecule has 1 atom stereocenters. The van der Waals surface area contributed by atoms with Crippen LogP contribution in [-0.4, -0.2) is 39.1 Å². The first-order chi connectivity index (χ1) is 8.49. The molecule has 0 saturated carbocycles. The summed E-state index contributed by atoms with van der Waals surface area (Å²) in [5.74, 6) is -3.21. The van der Waals surface area contributed by atoms with Crippen LogP contribution in [0.1, 0.15) is 12.0 Å². The second kappa shape index (κ2) is 6.33. The maximum atomic E-state index is 11.5. The Kier molecular flexibility index (Phi) is 4.79. The third kappa shape index (κ3) is 4.60. The number of carbonyl (C=O) groups excluding carboxylic acids is 1. The van der Waals surface area contributed by atoms with E-state index >= 15 is 0 Å². The van der Waals surface area contributed by atoms with Gasteiger partial charge in [-0.05, 0) is 17.7 Å². The van der Waals surface area contributed by atoms with Crippen molar-refractivity contribution in [3.8, 4) is 0 Å². The molecule has 1 rings (SSSR count). The van der Waals surface area contributed by atoms with E-state index in [0.29, 0.717) is 5.56 Å². The molecular formula is C11H12N2O5. The average Bonchev–Trinajstić information content (AvgIpc) is 2.28. The van der Waals surface area contributed by atoms with Gasteiger partial charge in [0.25, 0.3) is 0 Å². The summed E-state index contributed by atoms with van der Waals surface area (Å²) in [4.78, 5) is 36.5. The van der Waals surface area contributed by atoms with Crippen molar-refractivity contribution in [1.29, 1.82) is 0 Å². The van der Waals surface area contributed by atoms with Crippen molar-refractivity contribution < 1.29 is 24.6 Å². The normalized spacial score (nSPS) is 11.6. The lowest BCUT2D eigenvalue weighted by atomic mass is 10.1. The standard InChI is InChI=1S/C11H12N2O5/c14-9(5-7-1-3-12-4-2-7)13-8(11(17)18)6-10(15)16/h1-4,8H,5-6H2,(H,13,14)(H,15,16)(H,17,18)/t8-/m0/s1. The van der Waals surface area contributed by atoms with E-state index in [9.17, 15) is 14.4 Å². The van der Waals surface area contributed by atoms with Gasteiger partial charge in [-0.15, -0.1) is 0 Å². The van der Waals surface area contributed by atoms with Crippen LogP contribution < -0.4 is 5.32 Å². The number of pyridine rings is 1. The van der Waals surface area contributed by atoms with E-state index in [2.05, 4.69) is 10.3 Å². The van der Waals surface area contributed by atoms with Crippen LogP contribution in [0.4, 0.5) is 0 Å². The highest BCUT2D eigenvalue weighted by Crippen LogP contribution is 1.99. The molecular weight excluding hydrogens is 240 g/mol. The van der Waals surface area contributed by atoms with Gasteiger partial charge in [0.2, 0.25) is 5.91 Å². The smallest absolute Gasteiger partial charge is 0.326 e.